The Morgan fingerprint density at radius 3 is 2.63 bits per heavy atom. The summed E-state index contributed by atoms with van der Waals surface area (Å²) in [6.45, 7) is 1.87. The van der Waals surface area contributed by atoms with Crippen LogP contribution < -0.4 is 14.8 Å². The van der Waals surface area contributed by atoms with Crippen LogP contribution in [0.15, 0.2) is 42.5 Å². The minimum Gasteiger partial charge on any atom is -0.493 e. The van der Waals surface area contributed by atoms with Crippen LogP contribution in [0.5, 0.6) is 11.5 Å². The van der Waals surface area contributed by atoms with Gasteiger partial charge in [0, 0.05) is 11.6 Å². The fourth-order valence-electron chi connectivity index (χ4n) is 4.42. The molecule has 1 heterocycles. The maximum atomic E-state index is 11.6. The summed E-state index contributed by atoms with van der Waals surface area (Å²) in [5.74, 6) is 1.15. The second kappa shape index (κ2) is 6.65. The Morgan fingerprint density at radius 1 is 1.15 bits per heavy atom. The molecule has 5 heteroatoms. The van der Waals surface area contributed by atoms with E-state index in [4.69, 9.17) is 9.47 Å². The first-order valence-corrected chi connectivity index (χ1v) is 9.07. The molecule has 0 amide bonds. The molecule has 0 unspecified atom stereocenters. The van der Waals surface area contributed by atoms with Crippen molar-refractivity contribution in [2.75, 3.05) is 19.5 Å². The second-order valence-electron chi connectivity index (χ2n) is 7.10. The zero-order valence-corrected chi connectivity index (χ0v) is 15.7. The molecule has 0 bridgehead atoms. The highest BCUT2D eigenvalue weighted by molar-refractivity contribution is 5.92. The number of anilines is 1. The normalized spacial score (nSPS) is 22.6. The number of ether oxygens (including phenoxy) is 2. The van der Waals surface area contributed by atoms with Gasteiger partial charge in [-0.25, -0.2) is 4.79 Å². The fraction of sp³-hybridized carbons (Fsp3) is 0.318. The number of fused-ring (bicyclic) bond motifs is 3. The lowest BCUT2D eigenvalue weighted by Crippen LogP contribution is -2.30. The zero-order chi connectivity index (χ0) is 19.1. The van der Waals surface area contributed by atoms with Crippen molar-refractivity contribution in [3.8, 4) is 11.5 Å². The average molecular weight is 365 g/mol. The smallest absolute Gasteiger partial charge is 0.336 e. The van der Waals surface area contributed by atoms with Gasteiger partial charge in [-0.15, -0.1) is 0 Å². The first kappa shape index (κ1) is 17.5. The van der Waals surface area contributed by atoms with Gasteiger partial charge in [-0.3, -0.25) is 0 Å². The van der Waals surface area contributed by atoms with Crippen LogP contribution in [-0.2, 0) is 0 Å². The van der Waals surface area contributed by atoms with E-state index in [1.165, 1.54) is 5.56 Å². The Kier molecular flexibility index (Phi) is 4.30. The average Bonchev–Trinajstić information content (AvgIpc) is 3.17. The summed E-state index contributed by atoms with van der Waals surface area (Å²) in [6, 6.07) is 9.72. The van der Waals surface area contributed by atoms with Gasteiger partial charge in [-0.05, 0) is 54.2 Å². The van der Waals surface area contributed by atoms with Crippen LogP contribution in [-0.4, -0.2) is 25.3 Å². The Labute approximate surface area is 158 Å². The van der Waals surface area contributed by atoms with Crippen LogP contribution in [0.25, 0.3) is 0 Å². The van der Waals surface area contributed by atoms with Crippen molar-refractivity contribution >= 4 is 11.7 Å². The van der Waals surface area contributed by atoms with E-state index < -0.39 is 5.97 Å². The summed E-state index contributed by atoms with van der Waals surface area (Å²) in [5, 5.41) is 13.1. The fourth-order valence-corrected chi connectivity index (χ4v) is 4.42. The molecule has 0 saturated carbocycles. The minimum atomic E-state index is -0.899. The van der Waals surface area contributed by atoms with Crippen LogP contribution in [0, 0.1) is 12.8 Å². The van der Waals surface area contributed by atoms with Crippen molar-refractivity contribution in [3.05, 3.63) is 64.7 Å². The Balaban J connectivity index is 1.81. The van der Waals surface area contributed by atoms with Gasteiger partial charge in [0.1, 0.15) is 0 Å². The summed E-state index contributed by atoms with van der Waals surface area (Å²) in [7, 11) is 3.26. The zero-order valence-electron chi connectivity index (χ0n) is 15.7. The molecule has 0 saturated heterocycles. The van der Waals surface area contributed by atoms with Crippen molar-refractivity contribution in [2.24, 2.45) is 5.92 Å². The van der Waals surface area contributed by atoms with E-state index in [1.807, 2.05) is 25.1 Å². The Morgan fingerprint density at radius 2 is 1.93 bits per heavy atom. The molecular formula is C22H23NO4. The number of allylic oxidation sites excluding steroid dienone is 2. The summed E-state index contributed by atoms with van der Waals surface area (Å²) < 4.78 is 10.8. The molecule has 2 aromatic carbocycles. The molecule has 140 valence electrons. The molecule has 3 atom stereocenters. The Bertz CT molecular complexity index is 934. The molecule has 0 fully saturated rings. The van der Waals surface area contributed by atoms with Gasteiger partial charge in [0.15, 0.2) is 11.5 Å². The highest BCUT2D eigenvalue weighted by Crippen LogP contribution is 2.51. The summed E-state index contributed by atoms with van der Waals surface area (Å²) in [6.07, 6.45) is 5.45. The predicted molar refractivity (Wildman–Crippen MR) is 104 cm³/mol. The summed E-state index contributed by atoms with van der Waals surface area (Å²) >= 11 is 0. The number of aromatic carboxylic acids is 1. The molecule has 4 rings (SSSR count). The SMILES string of the molecule is COc1ccc([C@@H]2Nc3c(ccc(C(=O)O)c3C)[C@@H]3C=CC[C@@H]32)cc1OC. The van der Waals surface area contributed by atoms with Crippen LogP contribution >= 0.6 is 0 Å². The number of hydrogen-bond acceptors (Lipinski definition) is 4. The van der Waals surface area contributed by atoms with Gasteiger partial charge in [-0.2, -0.15) is 0 Å². The van der Waals surface area contributed by atoms with Crippen molar-refractivity contribution in [2.45, 2.75) is 25.3 Å². The number of rotatable bonds is 4. The van der Waals surface area contributed by atoms with E-state index in [0.717, 1.165) is 23.2 Å². The number of methoxy groups -OCH3 is 2. The van der Waals surface area contributed by atoms with Crippen LogP contribution in [0.1, 0.15) is 45.4 Å². The number of benzene rings is 2. The maximum Gasteiger partial charge on any atom is 0.336 e. The first-order valence-electron chi connectivity index (χ1n) is 9.07. The molecule has 0 radical (unpaired) electrons. The quantitative estimate of drug-likeness (QED) is 0.779. The number of carboxylic acid groups (broad SMARTS) is 1. The van der Waals surface area contributed by atoms with Crippen LogP contribution in [0.3, 0.4) is 0 Å². The van der Waals surface area contributed by atoms with Crippen molar-refractivity contribution in [3.63, 3.8) is 0 Å². The standard InChI is InChI=1S/C22H23NO4/c1-12-14(22(24)25)8-9-17-15-5-4-6-16(15)21(23-20(12)17)13-7-10-18(26-2)19(11-13)27-3/h4-5,7-11,15-16,21,23H,6H2,1-3H3,(H,24,25)/t15-,16+,21+/m1/s1. The predicted octanol–water partition coefficient (Wildman–Crippen LogP) is 4.54. The van der Waals surface area contributed by atoms with E-state index in [2.05, 4.69) is 23.5 Å². The van der Waals surface area contributed by atoms with Gasteiger partial charge in [0.05, 0.1) is 25.8 Å². The summed E-state index contributed by atoms with van der Waals surface area (Å²) in [5.41, 5.74) is 4.34. The molecule has 27 heavy (non-hydrogen) atoms. The van der Waals surface area contributed by atoms with E-state index in [9.17, 15) is 9.90 Å². The number of carboxylic acids is 1. The molecule has 0 aromatic heterocycles. The van der Waals surface area contributed by atoms with Gasteiger partial charge >= 0.3 is 5.97 Å². The molecule has 0 spiro atoms. The molecule has 1 aliphatic heterocycles. The summed E-state index contributed by atoms with van der Waals surface area (Å²) in [4.78, 5) is 11.6. The number of hydrogen-bond donors (Lipinski definition) is 2. The number of nitrogens with one attached hydrogen (secondary N) is 1. The minimum absolute atomic E-state index is 0.0695. The van der Waals surface area contributed by atoms with Crippen LogP contribution in [0.4, 0.5) is 5.69 Å². The molecular weight excluding hydrogens is 342 g/mol. The highest BCUT2D eigenvalue weighted by atomic mass is 16.5. The van der Waals surface area contributed by atoms with Crippen molar-refractivity contribution in [1.29, 1.82) is 0 Å². The van der Waals surface area contributed by atoms with Gasteiger partial charge < -0.3 is 19.9 Å². The van der Waals surface area contributed by atoms with Gasteiger partial charge in [0.2, 0.25) is 0 Å². The van der Waals surface area contributed by atoms with Crippen molar-refractivity contribution in [1.82, 2.24) is 0 Å². The van der Waals surface area contributed by atoms with Gasteiger partial charge in [-0.1, -0.05) is 24.3 Å². The molecule has 2 aromatic rings. The molecule has 1 aliphatic carbocycles. The largest absolute Gasteiger partial charge is 0.493 e. The third-order valence-electron chi connectivity index (χ3n) is 5.79. The molecule has 2 aliphatic rings. The third-order valence-corrected chi connectivity index (χ3v) is 5.79. The first-order chi connectivity index (χ1) is 13.0. The monoisotopic (exact) mass is 365 g/mol. The molecule has 2 N–H and O–H groups in total. The van der Waals surface area contributed by atoms with E-state index in [0.29, 0.717) is 23.0 Å². The molecule has 5 nitrogen and oxygen atoms in total. The van der Waals surface area contributed by atoms with E-state index in [-0.39, 0.29) is 12.0 Å². The number of carbonyl (C=O) groups is 1. The lowest BCUT2D eigenvalue weighted by atomic mass is 9.76. The maximum absolute atomic E-state index is 11.6. The lowest BCUT2D eigenvalue weighted by molar-refractivity contribution is 0.0696. The van der Waals surface area contributed by atoms with E-state index in [1.54, 1.807) is 20.3 Å². The Hall–Kier alpha value is -2.95. The lowest BCUT2D eigenvalue weighted by Gasteiger charge is -2.38. The highest BCUT2D eigenvalue weighted by Gasteiger charge is 2.39. The topological polar surface area (TPSA) is 67.8 Å². The van der Waals surface area contributed by atoms with Gasteiger partial charge in [0.25, 0.3) is 0 Å². The third kappa shape index (κ3) is 2.74. The van der Waals surface area contributed by atoms with Crippen molar-refractivity contribution < 1.29 is 19.4 Å². The van der Waals surface area contributed by atoms with E-state index >= 15 is 0 Å². The van der Waals surface area contributed by atoms with Crippen LogP contribution in [0.2, 0.25) is 0 Å². The second-order valence-corrected chi connectivity index (χ2v) is 7.10.